The highest BCUT2D eigenvalue weighted by Crippen LogP contribution is 2.10. The Morgan fingerprint density at radius 3 is 3.00 bits per heavy atom. The smallest absolute Gasteiger partial charge is 0.155 e. The molecule has 0 aliphatic carbocycles. The zero-order valence-corrected chi connectivity index (χ0v) is 6.01. The summed E-state index contributed by atoms with van der Waals surface area (Å²) in [6, 6.07) is 5.28. The Bertz CT molecular complexity index is 251. The predicted molar refractivity (Wildman–Crippen MR) is 35.5 cm³/mol. The molecule has 1 aromatic rings. The standard InChI is InChI=1S/C6H2BrN2/c7-5-2-1-3-9-6(5)4-8/h1-2H. The molecule has 0 aromatic carbocycles. The molecule has 0 N–H and O–H groups in total. The van der Waals surface area contributed by atoms with Crippen LogP contribution in [0.4, 0.5) is 0 Å². The highest BCUT2D eigenvalue weighted by Gasteiger charge is 1.94. The fourth-order valence-electron chi connectivity index (χ4n) is 0.423. The maximum absolute atomic E-state index is 8.36. The topological polar surface area (TPSA) is 36.7 Å². The van der Waals surface area contributed by atoms with Gasteiger partial charge in [0.15, 0.2) is 5.69 Å². The Labute approximate surface area is 61.3 Å². The van der Waals surface area contributed by atoms with E-state index in [0.29, 0.717) is 10.2 Å². The van der Waals surface area contributed by atoms with Gasteiger partial charge in [-0.15, -0.1) is 0 Å². The number of halogens is 1. The van der Waals surface area contributed by atoms with Gasteiger partial charge in [0.2, 0.25) is 0 Å². The van der Waals surface area contributed by atoms with Crippen molar-refractivity contribution in [3.63, 3.8) is 0 Å². The Morgan fingerprint density at radius 2 is 2.56 bits per heavy atom. The van der Waals surface area contributed by atoms with Crippen LogP contribution in [-0.4, -0.2) is 4.98 Å². The van der Waals surface area contributed by atoms with Crippen molar-refractivity contribution in [1.29, 1.82) is 5.26 Å². The minimum absolute atomic E-state index is 0.373. The molecule has 2 nitrogen and oxygen atoms in total. The summed E-state index contributed by atoms with van der Waals surface area (Å²) in [6.07, 6.45) is 2.55. The van der Waals surface area contributed by atoms with Crippen LogP contribution in [0.15, 0.2) is 16.6 Å². The van der Waals surface area contributed by atoms with Gasteiger partial charge in [0, 0.05) is 0 Å². The summed E-state index contributed by atoms with van der Waals surface area (Å²) in [6.45, 7) is 0. The van der Waals surface area contributed by atoms with E-state index in [1.54, 1.807) is 12.1 Å². The normalized spacial score (nSPS) is 8.44. The average Bonchev–Trinajstić information content (AvgIpc) is 1.89. The quantitative estimate of drug-likeness (QED) is 0.609. The molecule has 0 fully saturated rings. The van der Waals surface area contributed by atoms with Gasteiger partial charge in [0.1, 0.15) is 6.07 Å². The zero-order chi connectivity index (χ0) is 6.69. The van der Waals surface area contributed by atoms with E-state index >= 15 is 0 Å². The van der Waals surface area contributed by atoms with Crippen molar-refractivity contribution in [1.82, 2.24) is 4.98 Å². The number of nitrogens with zero attached hydrogens (tertiary/aromatic N) is 2. The Kier molecular flexibility index (Phi) is 1.81. The molecule has 0 bridgehead atoms. The lowest BCUT2D eigenvalue weighted by molar-refractivity contribution is 1.23. The fraction of sp³-hybridized carbons (Fsp3) is 0. The molecular weight excluding hydrogens is 180 g/mol. The van der Waals surface area contributed by atoms with Crippen molar-refractivity contribution >= 4 is 15.9 Å². The summed E-state index contributed by atoms with van der Waals surface area (Å²) in [4.78, 5) is 3.66. The highest BCUT2D eigenvalue weighted by molar-refractivity contribution is 9.10. The van der Waals surface area contributed by atoms with Gasteiger partial charge in [-0.3, -0.25) is 0 Å². The summed E-state index contributed by atoms with van der Waals surface area (Å²) in [7, 11) is 0. The van der Waals surface area contributed by atoms with E-state index in [2.05, 4.69) is 27.1 Å². The van der Waals surface area contributed by atoms with Crippen LogP contribution in [0.25, 0.3) is 0 Å². The molecule has 1 rings (SSSR count). The predicted octanol–water partition coefficient (Wildman–Crippen LogP) is 1.52. The Morgan fingerprint density at radius 1 is 1.78 bits per heavy atom. The third-order valence-corrected chi connectivity index (χ3v) is 1.45. The van der Waals surface area contributed by atoms with Crippen molar-refractivity contribution in [3.8, 4) is 6.07 Å². The van der Waals surface area contributed by atoms with E-state index in [0.717, 1.165) is 0 Å². The van der Waals surface area contributed by atoms with Gasteiger partial charge in [0.05, 0.1) is 10.7 Å². The molecule has 0 atom stereocenters. The maximum atomic E-state index is 8.36. The van der Waals surface area contributed by atoms with Gasteiger partial charge >= 0.3 is 0 Å². The summed E-state index contributed by atoms with van der Waals surface area (Å²) in [5.41, 5.74) is 0.373. The molecule has 0 aliphatic heterocycles. The van der Waals surface area contributed by atoms with Crippen LogP contribution in [0, 0.1) is 17.5 Å². The average molecular weight is 182 g/mol. The molecule has 43 valence electrons. The molecule has 0 amide bonds. The van der Waals surface area contributed by atoms with Gasteiger partial charge in [-0.05, 0) is 28.1 Å². The van der Waals surface area contributed by atoms with E-state index < -0.39 is 0 Å². The van der Waals surface area contributed by atoms with E-state index in [1.165, 1.54) is 0 Å². The summed E-state index contributed by atoms with van der Waals surface area (Å²) < 4.78 is 0.712. The van der Waals surface area contributed by atoms with Gasteiger partial charge in [-0.25, -0.2) is 4.98 Å². The fourth-order valence-corrected chi connectivity index (χ4v) is 0.732. The molecule has 1 aromatic heterocycles. The Hall–Kier alpha value is -0.880. The van der Waals surface area contributed by atoms with Crippen molar-refractivity contribution in [3.05, 3.63) is 28.5 Å². The molecule has 0 aliphatic rings. The second kappa shape index (κ2) is 2.60. The van der Waals surface area contributed by atoms with Crippen LogP contribution in [-0.2, 0) is 0 Å². The SMILES string of the molecule is N#Cc1n[c]ccc1Br. The van der Waals surface area contributed by atoms with Crippen LogP contribution in [0.3, 0.4) is 0 Å². The molecule has 0 saturated carbocycles. The zero-order valence-electron chi connectivity index (χ0n) is 4.43. The first kappa shape index (κ1) is 6.24. The van der Waals surface area contributed by atoms with Crippen LogP contribution >= 0.6 is 15.9 Å². The van der Waals surface area contributed by atoms with Crippen LogP contribution in [0.5, 0.6) is 0 Å². The first-order valence-corrected chi connectivity index (χ1v) is 3.06. The van der Waals surface area contributed by atoms with Gasteiger partial charge < -0.3 is 0 Å². The third kappa shape index (κ3) is 1.27. The highest BCUT2D eigenvalue weighted by atomic mass is 79.9. The van der Waals surface area contributed by atoms with E-state index in [4.69, 9.17) is 5.26 Å². The van der Waals surface area contributed by atoms with Crippen molar-refractivity contribution in [2.45, 2.75) is 0 Å². The molecule has 1 radical (unpaired) electrons. The van der Waals surface area contributed by atoms with E-state index in [1.807, 2.05) is 6.07 Å². The van der Waals surface area contributed by atoms with Gasteiger partial charge in [-0.1, -0.05) is 0 Å². The molecule has 1 heterocycles. The lowest BCUT2D eigenvalue weighted by Gasteiger charge is -1.87. The number of rotatable bonds is 0. The molecule has 0 unspecified atom stereocenters. The molecule has 0 saturated heterocycles. The largest absolute Gasteiger partial charge is 0.234 e. The third-order valence-electron chi connectivity index (χ3n) is 0.813. The Balaban J connectivity index is 3.20. The first-order chi connectivity index (χ1) is 4.34. The van der Waals surface area contributed by atoms with Gasteiger partial charge in [-0.2, -0.15) is 5.26 Å². The number of nitriles is 1. The summed E-state index contributed by atoms with van der Waals surface area (Å²) in [5.74, 6) is 0. The van der Waals surface area contributed by atoms with Gasteiger partial charge in [0.25, 0.3) is 0 Å². The number of pyridine rings is 1. The van der Waals surface area contributed by atoms with Crippen molar-refractivity contribution in [2.75, 3.05) is 0 Å². The summed E-state index contributed by atoms with van der Waals surface area (Å²) >= 11 is 3.15. The number of hydrogen-bond acceptors (Lipinski definition) is 2. The molecule has 9 heavy (non-hydrogen) atoms. The minimum atomic E-state index is 0.373. The number of aromatic nitrogens is 1. The second-order valence-corrected chi connectivity index (χ2v) is 2.24. The van der Waals surface area contributed by atoms with Crippen molar-refractivity contribution in [2.24, 2.45) is 0 Å². The molecular formula is C6H2BrN2. The molecule has 3 heteroatoms. The second-order valence-electron chi connectivity index (χ2n) is 1.38. The maximum Gasteiger partial charge on any atom is 0.155 e. The summed E-state index contributed by atoms with van der Waals surface area (Å²) in [5, 5.41) is 8.36. The van der Waals surface area contributed by atoms with E-state index in [-0.39, 0.29) is 0 Å². The minimum Gasteiger partial charge on any atom is -0.234 e. The number of hydrogen-bond donors (Lipinski definition) is 0. The van der Waals surface area contributed by atoms with Crippen LogP contribution in [0.2, 0.25) is 0 Å². The first-order valence-electron chi connectivity index (χ1n) is 2.27. The lowest BCUT2D eigenvalue weighted by Crippen LogP contribution is -1.80. The van der Waals surface area contributed by atoms with Crippen LogP contribution in [0.1, 0.15) is 5.69 Å². The van der Waals surface area contributed by atoms with E-state index in [9.17, 15) is 0 Å². The monoisotopic (exact) mass is 181 g/mol. The lowest BCUT2D eigenvalue weighted by atomic mass is 10.4. The van der Waals surface area contributed by atoms with Crippen molar-refractivity contribution < 1.29 is 0 Å². The van der Waals surface area contributed by atoms with Crippen LogP contribution < -0.4 is 0 Å². The molecule has 0 spiro atoms.